The maximum atomic E-state index is 12.6. The Morgan fingerprint density at radius 1 is 1.38 bits per heavy atom. The van der Waals surface area contributed by atoms with E-state index in [1.165, 1.54) is 0 Å². The fourth-order valence-electron chi connectivity index (χ4n) is 3.78. The quantitative estimate of drug-likeness (QED) is 0.843. The summed E-state index contributed by atoms with van der Waals surface area (Å²) in [4.78, 5) is 14.8. The number of carbonyl (C=O) groups is 1. The number of aryl methyl sites for hydroxylation is 1. The van der Waals surface area contributed by atoms with Gasteiger partial charge in [-0.2, -0.15) is 5.10 Å². The average molecular weight is 336 g/mol. The molecule has 1 amide bonds. The molecule has 0 unspecified atom stereocenters. The van der Waals surface area contributed by atoms with E-state index in [4.69, 9.17) is 4.74 Å². The van der Waals surface area contributed by atoms with Gasteiger partial charge in [0.15, 0.2) is 5.69 Å². The molecule has 134 valence electrons. The van der Waals surface area contributed by atoms with E-state index in [0.29, 0.717) is 12.2 Å². The van der Waals surface area contributed by atoms with Crippen molar-refractivity contribution in [2.75, 3.05) is 26.2 Å². The number of fused-ring (bicyclic) bond motifs is 1. The van der Waals surface area contributed by atoms with Crippen molar-refractivity contribution in [3.05, 3.63) is 17.0 Å². The zero-order valence-corrected chi connectivity index (χ0v) is 14.8. The molecule has 7 nitrogen and oxygen atoms in total. The van der Waals surface area contributed by atoms with Gasteiger partial charge in [-0.1, -0.05) is 0 Å². The Morgan fingerprint density at radius 2 is 2.08 bits per heavy atom. The van der Waals surface area contributed by atoms with E-state index in [1.54, 1.807) is 4.68 Å². The molecule has 0 saturated carbocycles. The lowest BCUT2D eigenvalue weighted by molar-refractivity contribution is -0.00903. The largest absolute Gasteiger partial charge is 0.393 e. The molecule has 1 aromatic heterocycles. The molecule has 2 atom stereocenters. The standard InChI is InChI=1S/C17H28N4O3/c1-11-10-14-15(19-20(3)16(14)12(2)24-11)17(23)18-6-9-21-7-4-13(22)5-8-21/h11-13,22H,4-10H2,1-3H3,(H,18,23)/t11-,12+/m1/s1. The van der Waals surface area contributed by atoms with E-state index in [0.717, 1.165) is 50.2 Å². The molecule has 2 N–H and O–H groups in total. The van der Waals surface area contributed by atoms with Gasteiger partial charge in [0, 0.05) is 45.2 Å². The Hall–Kier alpha value is -1.44. The Labute approximate surface area is 143 Å². The van der Waals surface area contributed by atoms with Crippen molar-refractivity contribution in [3.8, 4) is 0 Å². The molecule has 24 heavy (non-hydrogen) atoms. The second kappa shape index (κ2) is 7.21. The van der Waals surface area contributed by atoms with Crippen LogP contribution < -0.4 is 5.32 Å². The molecule has 0 radical (unpaired) electrons. The van der Waals surface area contributed by atoms with Gasteiger partial charge in [0.1, 0.15) is 0 Å². The Balaban J connectivity index is 1.59. The molecule has 1 saturated heterocycles. The molecule has 0 aliphatic carbocycles. The zero-order valence-electron chi connectivity index (χ0n) is 14.8. The molecule has 3 rings (SSSR count). The second-order valence-corrected chi connectivity index (χ2v) is 6.96. The first-order chi connectivity index (χ1) is 11.5. The van der Waals surface area contributed by atoms with Crippen molar-refractivity contribution in [2.45, 2.75) is 51.4 Å². The highest BCUT2D eigenvalue weighted by atomic mass is 16.5. The highest BCUT2D eigenvalue weighted by molar-refractivity contribution is 5.94. The maximum absolute atomic E-state index is 12.6. The van der Waals surface area contributed by atoms with Crippen LogP contribution in [0.15, 0.2) is 0 Å². The van der Waals surface area contributed by atoms with E-state index < -0.39 is 0 Å². The minimum Gasteiger partial charge on any atom is -0.393 e. The predicted molar refractivity (Wildman–Crippen MR) is 89.9 cm³/mol. The first-order valence-electron chi connectivity index (χ1n) is 8.85. The van der Waals surface area contributed by atoms with Gasteiger partial charge in [0.05, 0.1) is 24.0 Å². The summed E-state index contributed by atoms with van der Waals surface area (Å²) in [7, 11) is 1.87. The van der Waals surface area contributed by atoms with Gasteiger partial charge < -0.3 is 20.1 Å². The molecule has 3 heterocycles. The molecule has 0 bridgehead atoms. The molecule has 1 aromatic rings. The third-order valence-electron chi connectivity index (χ3n) is 4.99. The molecule has 0 spiro atoms. The minimum atomic E-state index is -0.165. The van der Waals surface area contributed by atoms with Gasteiger partial charge in [-0.15, -0.1) is 0 Å². The zero-order chi connectivity index (χ0) is 17.3. The van der Waals surface area contributed by atoms with Crippen molar-refractivity contribution in [1.29, 1.82) is 0 Å². The summed E-state index contributed by atoms with van der Waals surface area (Å²) in [5, 5.41) is 17.0. The van der Waals surface area contributed by atoms with Crippen LogP contribution in [0, 0.1) is 0 Å². The van der Waals surface area contributed by atoms with Crippen LogP contribution in [0.25, 0.3) is 0 Å². The number of ether oxygens (including phenoxy) is 1. The number of amides is 1. The molecule has 2 aliphatic heterocycles. The first-order valence-corrected chi connectivity index (χ1v) is 8.85. The molecule has 7 heteroatoms. The Bertz CT molecular complexity index is 593. The van der Waals surface area contributed by atoms with Crippen molar-refractivity contribution in [2.24, 2.45) is 7.05 Å². The maximum Gasteiger partial charge on any atom is 0.272 e. The van der Waals surface area contributed by atoms with E-state index >= 15 is 0 Å². The number of hydrogen-bond acceptors (Lipinski definition) is 5. The summed E-state index contributed by atoms with van der Waals surface area (Å²) in [6.45, 7) is 7.22. The van der Waals surface area contributed by atoms with Crippen molar-refractivity contribution >= 4 is 5.91 Å². The highest BCUT2D eigenvalue weighted by Gasteiger charge is 2.31. The fraction of sp³-hybridized carbons (Fsp3) is 0.765. The number of piperidine rings is 1. The lowest BCUT2D eigenvalue weighted by atomic mass is 9.99. The van der Waals surface area contributed by atoms with Gasteiger partial charge in [-0.3, -0.25) is 9.48 Å². The number of aliphatic hydroxyl groups excluding tert-OH is 1. The minimum absolute atomic E-state index is 0.0393. The van der Waals surface area contributed by atoms with Gasteiger partial charge in [-0.05, 0) is 26.7 Å². The lowest BCUT2D eigenvalue weighted by Crippen LogP contribution is -2.41. The van der Waals surface area contributed by atoms with Crippen molar-refractivity contribution in [1.82, 2.24) is 20.0 Å². The summed E-state index contributed by atoms with van der Waals surface area (Å²) in [6, 6.07) is 0. The molecular formula is C17H28N4O3. The first kappa shape index (κ1) is 17.4. The topological polar surface area (TPSA) is 79.6 Å². The van der Waals surface area contributed by atoms with E-state index in [9.17, 15) is 9.90 Å². The van der Waals surface area contributed by atoms with Crippen LogP contribution in [0.2, 0.25) is 0 Å². The summed E-state index contributed by atoms with van der Waals surface area (Å²) in [5.41, 5.74) is 2.55. The normalized spacial score (nSPS) is 25.5. The fourth-order valence-corrected chi connectivity index (χ4v) is 3.78. The predicted octanol–water partition coefficient (Wildman–Crippen LogP) is 0.629. The van der Waals surface area contributed by atoms with Gasteiger partial charge >= 0.3 is 0 Å². The summed E-state index contributed by atoms with van der Waals surface area (Å²) >= 11 is 0. The Kier molecular flexibility index (Phi) is 5.22. The van der Waals surface area contributed by atoms with Crippen LogP contribution in [-0.2, 0) is 18.2 Å². The number of nitrogens with one attached hydrogen (secondary N) is 1. The smallest absolute Gasteiger partial charge is 0.272 e. The van der Waals surface area contributed by atoms with E-state index in [2.05, 4.69) is 15.3 Å². The summed E-state index contributed by atoms with van der Waals surface area (Å²) < 4.78 is 7.61. The SMILES string of the molecule is C[C@@H]1Cc2c(C(=O)NCCN3CCC(O)CC3)nn(C)c2[C@H](C)O1. The lowest BCUT2D eigenvalue weighted by Gasteiger charge is -2.29. The van der Waals surface area contributed by atoms with E-state index in [1.807, 2.05) is 20.9 Å². The number of nitrogens with zero attached hydrogens (tertiary/aromatic N) is 3. The number of aliphatic hydroxyl groups is 1. The van der Waals surface area contributed by atoms with Gasteiger partial charge in [0.2, 0.25) is 0 Å². The van der Waals surface area contributed by atoms with Crippen LogP contribution in [0.1, 0.15) is 54.5 Å². The van der Waals surface area contributed by atoms with Crippen LogP contribution in [0.3, 0.4) is 0 Å². The summed E-state index contributed by atoms with van der Waals surface area (Å²) in [6.07, 6.45) is 2.25. The molecule has 0 aromatic carbocycles. The van der Waals surface area contributed by atoms with Crippen molar-refractivity contribution < 1.29 is 14.6 Å². The van der Waals surface area contributed by atoms with Crippen LogP contribution in [0.4, 0.5) is 0 Å². The average Bonchev–Trinajstić information content (AvgIpc) is 2.86. The molecule has 1 fully saturated rings. The van der Waals surface area contributed by atoms with E-state index in [-0.39, 0.29) is 24.2 Å². The number of rotatable bonds is 4. The number of aromatic nitrogens is 2. The third kappa shape index (κ3) is 3.63. The number of carbonyl (C=O) groups excluding carboxylic acids is 1. The Morgan fingerprint density at radius 3 is 2.79 bits per heavy atom. The highest BCUT2D eigenvalue weighted by Crippen LogP contribution is 2.31. The van der Waals surface area contributed by atoms with Gasteiger partial charge in [-0.25, -0.2) is 0 Å². The number of likely N-dealkylation sites (tertiary alicyclic amines) is 1. The number of hydrogen-bond donors (Lipinski definition) is 2. The monoisotopic (exact) mass is 336 g/mol. The molecular weight excluding hydrogens is 308 g/mol. The summed E-state index contributed by atoms with van der Waals surface area (Å²) in [5.74, 6) is -0.106. The molecule has 2 aliphatic rings. The second-order valence-electron chi connectivity index (χ2n) is 6.96. The van der Waals surface area contributed by atoms with Crippen LogP contribution >= 0.6 is 0 Å². The van der Waals surface area contributed by atoms with Gasteiger partial charge in [0.25, 0.3) is 5.91 Å². The van der Waals surface area contributed by atoms with Crippen molar-refractivity contribution in [3.63, 3.8) is 0 Å². The third-order valence-corrected chi connectivity index (χ3v) is 4.99. The van der Waals surface area contributed by atoms with Crippen LogP contribution in [0.5, 0.6) is 0 Å². The van der Waals surface area contributed by atoms with Crippen LogP contribution in [-0.4, -0.2) is 64.1 Å².